The van der Waals surface area contributed by atoms with Crippen LogP contribution in [-0.4, -0.2) is 34.3 Å². The van der Waals surface area contributed by atoms with Crippen LogP contribution in [0.4, 0.5) is 5.69 Å². The molecule has 0 spiro atoms. The van der Waals surface area contributed by atoms with Gasteiger partial charge in [0.15, 0.2) is 5.11 Å². The van der Waals surface area contributed by atoms with Crippen molar-refractivity contribution in [2.24, 2.45) is 0 Å². The Morgan fingerprint density at radius 3 is 2.56 bits per heavy atom. The Balaban J connectivity index is 2.12. The van der Waals surface area contributed by atoms with Crippen molar-refractivity contribution in [1.29, 1.82) is 0 Å². The van der Waals surface area contributed by atoms with Crippen molar-refractivity contribution in [2.45, 2.75) is 6.92 Å². The minimum atomic E-state index is -1.27. The Bertz CT molecular complexity index is 851. The largest absolute Gasteiger partial charge is 0.507 e. The van der Waals surface area contributed by atoms with Gasteiger partial charge in [-0.05, 0) is 55.0 Å². The number of benzene rings is 2. The third-order valence-electron chi connectivity index (χ3n) is 3.35. The summed E-state index contributed by atoms with van der Waals surface area (Å²) in [6.45, 7) is 1.56. The van der Waals surface area contributed by atoms with Crippen molar-refractivity contribution in [1.82, 2.24) is 5.32 Å². The predicted octanol–water partition coefficient (Wildman–Crippen LogP) is 2.53. The fraction of sp³-hybridized carbons (Fsp3) is 0.118. The number of amides is 1. The lowest BCUT2D eigenvalue weighted by molar-refractivity contribution is 0.0693. The summed E-state index contributed by atoms with van der Waals surface area (Å²) >= 11 is 5.07. The van der Waals surface area contributed by atoms with Crippen LogP contribution in [0.3, 0.4) is 0 Å². The maximum Gasteiger partial charge on any atom is 0.339 e. The highest BCUT2D eigenvalue weighted by Gasteiger charge is 2.15. The highest BCUT2D eigenvalue weighted by atomic mass is 32.1. The van der Waals surface area contributed by atoms with Crippen molar-refractivity contribution in [2.75, 3.05) is 12.4 Å². The molecule has 0 aliphatic rings. The summed E-state index contributed by atoms with van der Waals surface area (Å²) in [5, 5.41) is 24.1. The normalized spacial score (nSPS) is 10.0. The number of thiocarbonyl (C=S) groups is 1. The first-order valence-electron chi connectivity index (χ1n) is 7.15. The first-order chi connectivity index (χ1) is 11.8. The molecule has 2 rings (SSSR count). The lowest BCUT2D eigenvalue weighted by Gasteiger charge is -2.12. The van der Waals surface area contributed by atoms with E-state index in [4.69, 9.17) is 22.1 Å². The highest BCUT2D eigenvalue weighted by Crippen LogP contribution is 2.26. The number of carbonyl (C=O) groups is 2. The van der Waals surface area contributed by atoms with Gasteiger partial charge in [-0.15, -0.1) is 0 Å². The molecule has 0 atom stereocenters. The number of anilines is 1. The average Bonchev–Trinajstić information content (AvgIpc) is 2.57. The minimum Gasteiger partial charge on any atom is -0.507 e. The summed E-state index contributed by atoms with van der Waals surface area (Å²) in [5.74, 6) is -1.49. The van der Waals surface area contributed by atoms with E-state index in [0.717, 1.165) is 0 Å². The molecule has 8 heteroatoms. The van der Waals surface area contributed by atoms with Crippen LogP contribution < -0.4 is 15.4 Å². The molecule has 7 nitrogen and oxygen atoms in total. The van der Waals surface area contributed by atoms with Gasteiger partial charge in [-0.25, -0.2) is 4.79 Å². The second kappa shape index (κ2) is 7.63. The molecule has 0 saturated heterocycles. The standard InChI is InChI=1S/C17H16N2O5S/c1-9-6-11(8-13(14(9)20)16(22)23)18-17(25)19-15(21)10-4-3-5-12(7-10)24-2/h3-8,20H,1-2H3,(H,22,23)(H2,18,19,21,25). The topological polar surface area (TPSA) is 108 Å². The summed E-state index contributed by atoms with van der Waals surface area (Å²) in [6.07, 6.45) is 0. The highest BCUT2D eigenvalue weighted by molar-refractivity contribution is 7.80. The van der Waals surface area contributed by atoms with Gasteiger partial charge in [0.05, 0.1) is 7.11 Å². The second-order valence-corrected chi connectivity index (χ2v) is 5.54. The molecule has 0 radical (unpaired) electrons. The van der Waals surface area contributed by atoms with Crippen molar-refractivity contribution >= 4 is 34.9 Å². The first-order valence-corrected chi connectivity index (χ1v) is 7.56. The first kappa shape index (κ1) is 18.2. The van der Waals surface area contributed by atoms with Gasteiger partial charge in [-0.3, -0.25) is 10.1 Å². The Hall–Kier alpha value is -3.13. The lowest BCUT2D eigenvalue weighted by Crippen LogP contribution is -2.34. The van der Waals surface area contributed by atoms with Crippen LogP contribution in [0.1, 0.15) is 26.3 Å². The molecule has 25 heavy (non-hydrogen) atoms. The van der Waals surface area contributed by atoms with E-state index in [1.807, 2.05) is 0 Å². The van der Waals surface area contributed by atoms with Crippen LogP contribution in [0.15, 0.2) is 36.4 Å². The number of carboxylic acid groups (broad SMARTS) is 1. The summed E-state index contributed by atoms with van der Waals surface area (Å²) in [7, 11) is 1.50. The molecule has 0 heterocycles. The number of methoxy groups -OCH3 is 1. The SMILES string of the molecule is COc1cccc(C(=O)NC(=S)Nc2cc(C)c(O)c(C(=O)O)c2)c1. The molecule has 0 aliphatic carbocycles. The molecular formula is C17H16N2O5S. The number of hydrogen-bond acceptors (Lipinski definition) is 5. The Kier molecular flexibility index (Phi) is 5.56. The van der Waals surface area contributed by atoms with E-state index in [1.165, 1.54) is 19.2 Å². The molecular weight excluding hydrogens is 344 g/mol. The van der Waals surface area contributed by atoms with E-state index >= 15 is 0 Å². The van der Waals surface area contributed by atoms with Gasteiger partial charge >= 0.3 is 5.97 Å². The molecule has 1 amide bonds. The molecule has 0 aromatic heterocycles. The lowest BCUT2D eigenvalue weighted by atomic mass is 10.1. The quantitative estimate of drug-likeness (QED) is 0.490. The van der Waals surface area contributed by atoms with E-state index < -0.39 is 11.9 Å². The molecule has 0 fully saturated rings. The van der Waals surface area contributed by atoms with Gasteiger partial charge in [0.25, 0.3) is 5.91 Å². The van der Waals surface area contributed by atoms with Crippen molar-refractivity contribution < 1.29 is 24.5 Å². The Labute approximate surface area is 149 Å². The van der Waals surface area contributed by atoms with Gasteiger partial charge in [-0.2, -0.15) is 0 Å². The number of aromatic hydroxyl groups is 1. The average molecular weight is 360 g/mol. The number of hydrogen-bond donors (Lipinski definition) is 4. The molecule has 4 N–H and O–H groups in total. The third kappa shape index (κ3) is 4.45. The number of carbonyl (C=O) groups excluding carboxylic acids is 1. The van der Waals surface area contributed by atoms with Crippen LogP contribution in [0.2, 0.25) is 0 Å². The number of ether oxygens (including phenoxy) is 1. The molecule has 130 valence electrons. The second-order valence-electron chi connectivity index (χ2n) is 5.13. The minimum absolute atomic E-state index is 0.00533. The number of aromatic carboxylic acids is 1. The summed E-state index contributed by atoms with van der Waals surface area (Å²) in [5.41, 5.74) is 0.800. The van der Waals surface area contributed by atoms with Crippen LogP contribution in [0, 0.1) is 6.92 Å². The summed E-state index contributed by atoms with van der Waals surface area (Å²) < 4.78 is 5.06. The van der Waals surface area contributed by atoms with Gasteiger partial charge < -0.3 is 20.3 Å². The zero-order valence-corrected chi connectivity index (χ0v) is 14.3. The number of carboxylic acids is 1. The maximum atomic E-state index is 12.2. The van der Waals surface area contributed by atoms with E-state index in [0.29, 0.717) is 22.6 Å². The summed E-state index contributed by atoms with van der Waals surface area (Å²) in [4.78, 5) is 23.3. The number of nitrogens with one attached hydrogen (secondary N) is 2. The van der Waals surface area contributed by atoms with E-state index in [1.54, 1.807) is 31.2 Å². The van der Waals surface area contributed by atoms with Crippen molar-refractivity contribution in [3.8, 4) is 11.5 Å². The van der Waals surface area contributed by atoms with Gasteiger partial charge in [0.1, 0.15) is 17.1 Å². The molecule has 2 aromatic carbocycles. The zero-order chi connectivity index (χ0) is 18.6. The van der Waals surface area contributed by atoms with Crippen molar-refractivity contribution in [3.63, 3.8) is 0 Å². The third-order valence-corrected chi connectivity index (χ3v) is 3.55. The zero-order valence-electron chi connectivity index (χ0n) is 13.5. The molecule has 0 bridgehead atoms. The van der Waals surface area contributed by atoms with E-state index in [2.05, 4.69) is 10.6 Å². The monoisotopic (exact) mass is 360 g/mol. The van der Waals surface area contributed by atoms with E-state index in [-0.39, 0.29) is 16.4 Å². The van der Waals surface area contributed by atoms with Gasteiger partial charge in [0.2, 0.25) is 0 Å². The fourth-order valence-corrected chi connectivity index (χ4v) is 2.33. The Morgan fingerprint density at radius 1 is 1.20 bits per heavy atom. The van der Waals surface area contributed by atoms with E-state index in [9.17, 15) is 14.7 Å². The summed E-state index contributed by atoms with van der Waals surface area (Å²) in [6, 6.07) is 9.30. The molecule has 0 aliphatic heterocycles. The van der Waals surface area contributed by atoms with Crippen LogP contribution in [-0.2, 0) is 0 Å². The molecule has 0 unspecified atom stereocenters. The Morgan fingerprint density at radius 2 is 1.92 bits per heavy atom. The van der Waals surface area contributed by atoms with Crippen LogP contribution in [0.25, 0.3) is 0 Å². The number of rotatable bonds is 4. The number of aryl methyl sites for hydroxylation is 1. The predicted molar refractivity (Wildman–Crippen MR) is 96.5 cm³/mol. The van der Waals surface area contributed by atoms with Crippen LogP contribution in [0.5, 0.6) is 11.5 Å². The maximum absolute atomic E-state index is 12.2. The van der Waals surface area contributed by atoms with Crippen molar-refractivity contribution in [3.05, 3.63) is 53.1 Å². The molecule has 2 aromatic rings. The molecule has 0 saturated carbocycles. The van der Waals surface area contributed by atoms with Gasteiger partial charge in [-0.1, -0.05) is 6.07 Å². The van der Waals surface area contributed by atoms with Gasteiger partial charge in [0, 0.05) is 11.3 Å². The smallest absolute Gasteiger partial charge is 0.339 e. The number of phenols is 1. The van der Waals surface area contributed by atoms with Crippen LogP contribution >= 0.6 is 12.2 Å². The fourth-order valence-electron chi connectivity index (χ4n) is 2.12.